The van der Waals surface area contributed by atoms with Crippen LogP contribution in [0.3, 0.4) is 0 Å². The van der Waals surface area contributed by atoms with E-state index in [1.165, 1.54) is 23.2 Å². The normalized spacial score (nSPS) is 23.6. The van der Waals surface area contributed by atoms with Crippen LogP contribution < -0.4 is 10.2 Å². The van der Waals surface area contributed by atoms with Gasteiger partial charge in [-0.1, -0.05) is 6.07 Å². The fourth-order valence-corrected chi connectivity index (χ4v) is 3.40. The molecule has 0 aliphatic carbocycles. The van der Waals surface area contributed by atoms with Crippen molar-refractivity contribution >= 4 is 17.8 Å². The van der Waals surface area contributed by atoms with Gasteiger partial charge in [0.25, 0.3) is 0 Å². The van der Waals surface area contributed by atoms with Gasteiger partial charge in [-0.05, 0) is 30.9 Å². The number of urea groups is 1. The van der Waals surface area contributed by atoms with Gasteiger partial charge in [-0.3, -0.25) is 9.69 Å². The molecule has 2 aliphatic rings. The van der Waals surface area contributed by atoms with Crippen molar-refractivity contribution in [2.75, 3.05) is 24.5 Å². The summed E-state index contributed by atoms with van der Waals surface area (Å²) in [6.45, 7) is -0.845. The Labute approximate surface area is 143 Å². The lowest BCUT2D eigenvalue weighted by Crippen LogP contribution is -2.48. The minimum atomic E-state index is -4.54. The number of hydrogen-bond donors (Lipinski definition) is 1. The summed E-state index contributed by atoms with van der Waals surface area (Å²) in [6, 6.07) is 3.55. The first kappa shape index (κ1) is 17.5. The minimum absolute atomic E-state index is 0.0408. The lowest BCUT2D eigenvalue weighted by Gasteiger charge is -2.28. The number of amides is 3. The Morgan fingerprint density at radius 2 is 2.16 bits per heavy atom. The first-order valence-electron chi connectivity index (χ1n) is 8.17. The maximum Gasteiger partial charge on any atom is 0.406 e. The topological polar surface area (TPSA) is 65.5 Å². The number of hydrogen-bond acceptors (Lipinski definition) is 3. The summed E-state index contributed by atoms with van der Waals surface area (Å²) in [5, 5.41) is 2.86. The van der Waals surface area contributed by atoms with Crippen LogP contribution in [-0.2, 0) is 4.79 Å². The number of nitrogens with one attached hydrogen (secondary N) is 1. The molecule has 1 aromatic heterocycles. The molecule has 3 rings (SSSR count). The Bertz CT molecular complexity index is 638. The first-order valence-corrected chi connectivity index (χ1v) is 8.17. The third-order valence-corrected chi connectivity index (χ3v) is 4.53. The molecule has 6 nitrogen and oxygen atoms in total. The van der Waals surface area contributed by atoms with Crippen LogP contribution in [0.2, 0.25) is 0 Å². The van der Waals surface area contributed by atoms with E-state index in [9.17, 15) is 22.8 Å². The van der Waals surface area contributed by atoms with Crippen molar-refractivity contribution in [2.24, 2.45) is 5.92 Å². The number of fused-ring (bicyclic) bond motifs is 1. The van der Waals surface area contributed by atoms with Crippen LogP contribution >= 0.6 is 0 Å². The van der Waals surface area contributed by atoms with Gasteiger partial charge in [0.2, 0.25) is 5.91 Å². The Balaban J connectivity index is 1.77. The number of carbonyl (C=O) groups is 2. The van der Waals surface area contributed by atoms with Gasteiger partial charge in [-0.15, -0.1) is 0 Å². The zero-order chi connectivity index (χ0) is 18.0. The molecular formula is C16H19F3N4O2. The monoisotopic (exact) mass is 356 g/mol. The van der Waals surface area contributed by atoms with Crippen molar-refractivity contribution in [1.29, 1.82) is 0 Å². The molecule has 2 fully saturated rings. The van der Waals surface area contributed by atoms with E-state index in [1.54, 1.807) is 6.07 Å². The predicted octanol–water partition coefficient (Wildman–Crippen LogP) is 2.17. The maximum atomic E-state index is 12.9. The quantitative estimate of drug-likeness (QED) is 0.883. The molecular weight excluding hydrogens is 337 g/mol. The Kier molecular flexibility index (Phi) is 4.82. The maximum absolute atomic E-state index is 12.9. The SMILES string of the molecule is O=C1CCCC2CN(C(=O)N(CC(F)(F)F)c3ccccn3)CC2N1. The lowest BCUT2D eigenvalue weighted by molar-refractivity contribution is -0.121. The van der Waals surface area contributed by atoms with Crippen LogP contribution in [-0.4, -0.2) is 53.7 Å². The van der Waals surface area contributed by atoms with Crippen molar-refractivity contribution in [3.05, 3.63) is 24.4 Å². The van der Waals surface area contributed by atoms with E-state index in [2.05, 4.69) is 10.3 Å². The van der Waals surface area contributed by atoms with Crippen LogP contribution in [0, 0.1) is 5.92 Å². The summed E-state index contributed by atoms with van der Waals surface area (Å²) >= 11 is 0. The van der Waals surface area contributed by atoms with Crippen LogP contribution in [0.25, 0.3) is 0 Å². The highest BCUT2D eigenvalue weighted by Crippen LogP contribution is 2.28. The third-order valence-electron chi connectivity index (χ3n) is 4.53. The van der Waals surface area contributed by atoms with Gasteiger partial charge in [-0.2, -0.15) is 13.2 Å². The average Bonchev–Trinajstić information content (AvgIpc) is 2.86. The van der Waals surface area contributed by atoms with Crippen molar-refractivity contribution in [1.82, 2.24) is 15.2 Å². The van der Waals surface area contributed by atoms with Gasteiger partial charge < -0.3 is 10.2 Å². The Hall–Kier alpha value is -2.32. The van der Waals surface area contributed by atoms with Crippen molar-refractivity contribution in [3.63, 3.8) is 0 Å². The number of carbonyl (C=O) groups excluding carboxylic acids is 2. The fourth-order valence-electron chi connectivity index (χ4n) is 3.40. The second-order valence-corrected chi connectivity index (χ2v) is 6.40. The summed E-state index contributed by atoms with van der Waals surface area (Å²) in [6.07, 6.45) is -1.24. The van der Waals surface area contributed by atoms with E-state index < -0.39 is 18.8 Å². The number of pyridine rings is 1. The highest BCUT2D eigenvalue weighted by atomic mass is 19.4. The lowest BCUT2D eigenvalue weighted by atomic mass is 9.99. The average molecular weight is 356 g/mol. The highest BCUT2D eigenvalue weighted by molar-refractivity contribution is 5.91. The van der Waals surface area contributed by atoms with Gasteiger partial charge in [0, 0.05) is 25.7 Å². The summed E-state index contributed by atoms with van der Waals surface area (Å²) in [7, 11) is 0. The first-order chi connectivity index (χ1) is 11.8. The molecule has 2 aliphatic heterocycles. The van der Waals surface area contributed by atoms with Crippen LogP contribution in [0.15, 0.2) is 24.4 Å². The van der Waals surface area contributed by atoms with Crippen LogP contribution in [0.4, 0.5) is 23.8 Å². The van der Waals surface area contributed by atoms with Crippen LogP contribution in [0.5, 0.6) is 0 Å². The van der Waals surface area contributed by atoms with Gasteiger partial charge in [0.05, 0.1) is 6.04 Å². The molecule has 0 spiro atoms. The van der Waals surface area contributed by atoms with E-state index >= 15 is 0 Å². The third kappa shape index (κ3) is 4.21. The minimum Gasteiger partial charge on any atom is -0.351 e. The number of alkyl halides is 3. The summed E-state index contributed by atoms with van der Waals surface area (Å²) in [4.78, 5) is 30.3. The van der Waals surface area contributed by atoms with E-state index in [0.29, 0.717) is 17.9 Å². The fraction of sp³-hybridized carbons (Fsp3) is 0.562. The molecule has 0 aromatic carbocycles. The second kappa shape index (κ2) is 6.89. The number of rotatable bonds is 2. The van der Waals surface area contributed by atoms with E-state index in [1.807, 2.05) is 0 Å². The van der Waals surface area contributed by atoms with E-state index in [-0.39, 0.29) is 30.2 Å². The molecule has 1 aromatic rings. The van der Waals surface area contributed by atoms with Gasteiger partial charge in [-0.25, -0.2) is 9.78 Å². The Morgan fingerprint density at radius 1 is 1.36 bits per heavy atom. The molecule has 3 amide bonds. The zero-order valence-electron chi connectivity index (χ0n) is 13.5. The smallest absolute Gasteiger partial charge is 0.351 e. The number of anilines is 1. The largest absolute Gasteiger partial charge is 0.406 e. The van der Waals surface area contributed by atoms with Gasteiger partial charge >= 0.3 is 12.2 Å². The summed E-state index contributed by atoms with van der Waals surface area (Å²) < 4.78 is 38.8. The summed E-state index contributed by atoms with van der Waals surface area (Å²) in [5.41, 5.74) is 0. The van der Waals surface area contributed by atoms with Crippen molar-refractivity contribution in [2.45, 2.75) is 31.5 Å². The molecule has 2 atom stereocenters. The molecule has 2 saturated heterocycles. The summed E-state index contributed by atoms with van der Waals surface area (Å²) in [5.74, 6) is -0.0357. The molecule has 25 heavy (non-hydrogen) atoms. The van der Waals surface area contributed by atoms with Crippen molar-refractivity contribution in [3.8, 4) is 0 Å². The molecule has 2 unspecified atom stereocenters. The molecule has 0 radical (unpaired) electrons. The molecule has 0 bridgehead atoms. The standard InChI is InChI=1S/C16H19F3N4O2/c17-16(18,19)10-23(13-5-1-2-7-20-13)15(25)22-8-11-4-3-6-14(24)21-12(11)9-22/h1-2,5,7,11-12H,3-4,6,8-10H2,(H,21,24). The predicted molar refractivity (Wildman–Crippen MR) is 83.9 cm³/mol. The number of aromatic nitrogens is 1. The van der Waals surface area contributed by atoms with E-state index in [0.717, 1.165) is 12.8 Å². The van der Waals surface area contributed by atoms with E-state index in [4.69, 9.17) is 0 Å². The molecule has 1 N–H and O–H groups in total. The van der Waals surface area contributed by atoms with Gasteiger partial charge in [0.1, 0.15) is 12.4 Å². The van der Waals surface area contributed by atoms with Gasteiger partial charge in [0.15, 0.2) is 0 Å². The number of likely N-dealkylation sites (tertiary alicyclic amines) is 1. The molecule has 3 heterocycles. The Morgan fingerprint density at radius 3 is 2.84 bits per heavy atom. The molecule has 9 heteroatoms. The van der Waals surface area contributed by atoms with Crippen LogP contribution in [0.1, 0.15) is 19.3 Å². The number of nitrogens with zero attached hydrogens (tertiary/aromatic N) is 3. The zero-order valence-corrected chi connectivity index (χ0v) is 13.5. The molecule has 0 saturated carbocycles. The molecule has 136 valence electrons. The second-order valence-electron chi connectivity index (χ2n) is 6.40. The number of halogens is 3. The van der Waals surface area contributed by atoms with Crippen molar-refractivity contribution < 1.29 is 22.8 Å². The highest BCUT2D eigenvalue weighted by Gasteiger charge is 2.41.